The second-order valence-electron chi connectivity index (χ2n) is 3.97. The van der Waals surface area contributed by atoms with E-state index in [2.05, 4.69) is 26.3 Å². The Hall–Kier alpha value is -1.04. The summed E-state index contributed by atoms with van der Waals surface area (Å²) in [5, 5.41) is 7.88. The number of aryl methyl sites for hydroxylation is 1. The molecule has 0 aliphatic carbocycles. The molecule has 0 bridgehead atoms. The van der Waals surface area contributed by atoms with Gasteiger partial charge in [0.25, 0.3) is 5.91 Å². The number of nitrogens with two attached hydrogens (primary N) is 1. The number of rotatable bonds is 7. The molecule has 0 atom stereocenters. The van der Waals surface area contributed by atoms with Crippen molar-refractivity contribution in [3.8, 4) is 0 Å². The van der Waals surface area contributed by atoms with Crippen LogP contribution < -0.4 is 11.1 Å². The van der Waals surface area contributed by atoms with Gasteiger partial charge in [0, 0.05) is 25.1 Å². The summed E-state index contributed by atoms with van der Waals surface area (Å²) >= 11 is 3.39. The molecule has 0 aliphatic rings. The number of nitrogens with zero attached hydrogens (tertiary/aromatic N) is 2. The quantitative estimate of drug-likeness (QED) is 0.594. The number of anilines is 1. The van der Waals surface area contributed by atoms with E-state index in [4.69, 9.17) is 5.73 Å². The Labute approximate surface area is 110 Å². The van der Waals surface area contributed by atoms with E-state index in [0.717, 1.165) is 18.2 Å². The third-order valence-electron chi connectivity index (χ3n) is 2.42. The highest BCUT2D eigenvalue weighted by Gasteiger charge is 2.12. The first kappa shape index (κ1) is 14.0. The van der Waals surface area contributed by atoms with Crippen molar-refractivity contribution in [1.29, 1.82) is 0 Å². The highest BCUT2D eigenvalue weighted by Crippen LogP contribution is 2.07. The lowest BCUT2D eigenvalue weighted by atomic mass is 10.2. The minimum absolute atomic E-state index is 0.191. The number of carbonyl (C=O) groups excluding carboxylic acids is 1. The fourth-order valence-corrected chi connectivity index (χ4v) is 1.94. The molecule has 1 rings (SSSR count). The van der Waals surface area contributed by atoms with Crippen LogP contribution in [0.15, 0.2) is 6.20 Å². The van der Waals surface area contributed by atoms with Crippen molar-refractivity contribution in [2.24, 2.45) is 7.05 Å². The molecule has 1 heterocycles. The molecule has 6 heteroatoms. The maximum absolute atomic E-state index is 11.7. The van der Waals surface area contributed by atoms with E-state index in [0.29, 0.717) is 17.9 Å². The summed E-state index contributed by atoms with van der Waals surface area (Å²) in [5.41, 5.74) is 6.40. The van der Waals surface area contributed by atoms with Gasteiger partial charge in [0.05, 0.1) is 5.69 Å². The third kappa shape index (κ3) is 4.77. The van der Waals surface area contributed by atoms with Gasteiger partial charge in [0.2, 0.25) is 0 Å². The van der Waals surface area contributed by atoms with Crippen molar-refractivity contribution >= 4 is 27.5 Å². The van der Waals surface area contributed by atoms with Crippen LogP contribution >= 0.6 is 15.9 Å². The molecule has 1 aromatic heterocycles. The normalized spacial score (nSPS) is 10.5. The first-order valence-electron chi connectivity index (χ1n) is 5.78. The number of hydrogen-bond donors (Lipinski definition) is 2. The zero-order valence-electron chi connectivity index (χ0n) is 10.1. The number of unbranched alkanes of at least 4 members (excludes halogenated alkanes) is 3. The SMILES string of the molecule is Cn1cc(N)c(C(=O)NCCCCCCBr)n1. The maximum atomic E-state index is 11.7. The van der Waals surface area contributed by atoms with Gasteiger partial charge in [-0.1, -0.05) is 28.8 Å². The molecule has 1 amide bonds. The topological polar surface area (TPSA) is 72.9 Å². The van der Waals surface area contributed by atoms with Gasteiger partial charge in [0.1, 0.15) is 0 Å². The van der Waals surface area contributed by atoms with Crippen molar-refractivity contribution in [1.82, 2.24) is 15.1 Å². The molecule has 0 unspecified atom stereocenters. The summed E-state index contributed by atoms with van der Waals surface area (Å²) < 4.78 is 1.54. The average Bonchev–Trinajstić information content (AvgIpc) is 2.62. The van der Waals surface area contributed by atoms with E-state index >= 15 is 0 Å². The highest BCUT2D eigenvalue weighted by atomic mass is 79.9. The predicted molar refractivity (Wildman–Crippen MR) is 72.2 cm³/mol. The van der Waals surface area contributed by atoms with E-state index in [9.17, 15) is 4.79 Å². The van der Waals surface area contributed by atoms with Gasteiger partial charge in [-0.15, -0.1) is 0 Å². The zero-order valence-corrected chi connectivity index (χ0v) is 11.7. The Balaban J connectivity index is 2.23. The summed E-state index contributed by atoms with van der Waals surface area (Å²) in [6, 6.07) is 0. The van der Waals surface area contributed by atoms with Crippen molar-refractivity contribution in [2.75, 3.05) is 17.6 Å². The Morgan fingerprint density at radius 3 is 2.76 bits per heavy atom. The Morgan fingerprint density at radius 1 is 1.47 bits per heavy atom. The number of carbonyl (C=O) groups is 1. The first-order chi connectivity index (χ1) is 8.15. The lowest BCUT2D eigenvalue weighted by Gasteiger charge is -2.03. The van der Waals surface area contributed by atoms with Crippen molar-refractivity contribution in [3.63, 3.8) is 0 Å². The molecule has 17 heavy (non-hydrogen) atoms. The smallest absolute Gasteiger partial charge is 0.273 e. The van der Waals surface area contributed by atoms with E-state index in [-0.39, 0.29) is 5.91 Å². The summed E-state index contributed by atoms with van der Waals surface area (Å²) in [6.45, 7) is 0.678. The predicted octanol–water partition coefficient (Wildman–Crippen LogP) is 1.69. The lowest BCUT2D eigenvalue weighted by molar-refractivity contribution is 0.0948. The van der Waals surface area contributed by atoms with E-state index in [1.54, 1.807) is 17.9 Å². The Morgan fingerprint density at radius 2 is 2.18 bits per heavy atom. The fraction of sp³-hybridized carbons (Fsp3) is 0.636. The largest absolute Gasteiger partial charge is 0.396 e. The fourth-order valence-electron chi connectivity index (χ4n) is 1.54. The van der Waals surface area contributed by atoms with Crippen LogP contribution in [-0.2, 0) is 7.05 Å². The molecule has 0 aromatic carbocycles. The van der Waals surface area contributed by atoms with E-state index in [1.165, 1.54) is 12.8 Å². The summed E-state index contributed by atoms with van der Waals surface area (Å²) in [5.74, 6) is -0.191. The maximum Gasteiger partial charge on any atom is 0.273 e. The third-order valence-corrected chi connectivity index (χ3v) is 2.98. The van der Waals surface area contributed by atoms with Gasteiger partial charge in [-0.25, -0.2) is 0 Å². The molecule has 1 aromatic rings. The van der Waals surface area contributed by atoms with Crippen LogP contribution in [0.4, 0.5) is 5.69 Å². The number of aromatic nitrogens is 2. The highest BCUT2D eigenvalue weighted by molar-refractivity contribution is 9.09. The monoisotopic (exact) mass is 302 g/mol. The molecule has 0 radical (unpaired) electrons. The number of amides is 1. The van der Waals surface area contributed by atoms with Gasteiger partial charge in [-0.05, 0) is 12.8 Å². The van der Waals surface area contributed by atoms with Gasteiger partial charge in [-0.2, -0.15) is 5.10 Å². The molecular weight excluding hydrogens is 284 g/mol. The molecule has 96 valence electrons. The second kappa shape index (κ2) is 7.32. The zero-order chi connectivity index (χ0) is 12.7. The molecule has 5 nitrogen and oxygen atoms in total. The first-order valence-corrected chi connectivity index (χ1v) is 6.90. The molecule has 3 N–H and O–H groups in total. The second-order valence-corrected chi connectivity index (χ2v) is 4.76. The van der Waals surface area contributed by atoms with Crippen LogP contribution in [-0.4, -0.2) is 27.6 Å². The van der Waals surface area contributed by atoms with Crippen LogP contribution in [0.2, 0.25) is 0 Å². The standard InChI is InChI=1S/C11H19BrN4O/c1-16-8-9(13)10(15-16)11(17)14-7-5-3-2-4-6-12/h8H,2-7,13H2,1H3,(H,14,17). The van der Waals surface area contributed by atoms with Gasteiger partial charge < -0.3 is 11.1 Å². The van der Waals surface area contributed by atoms with Crippen molar-refractivity contribution in [2.45, 2.75) is 25.7 Å². The van der Waals surface area contributed by atoms with Crippen molar-refractivity contribution in [3.05, 3.63) is 11.9 Å². The van der Waals surface area contributed by atoms with Gasteiger partial charge in [0.15, 0.2) is 5.69 Å². The van der Waals surface area contributed by atoms with Crippen LogP contribution in [0.5, 0.6) is 0 Å². The molecule has 0 spiro atoms. The van der Waals surface area contributed by atoms with E-state index < -0.39 is 0 Å². The minimum Gasteiger partial charge on any atom is -0.396 e. The summed E-state index contributed by atoms with van der Waals surface area (Å²) in [6.07, 6.45) is 6.12. The average molecular weight is 303 g/mol. The molecule has 0 aliphatic heterocycles. The van der Waals surface area contributed by atoms with Crippen LogP contribution in [0.1, 0.15) is 36.2 Å². The molecule has 0 fully saturated rings. The number of nitrogens with one attached hydrogen (secondary N) is 1. The van der Waals surface area contributed by atoms with Crippen LogP contribution in [0, 0.1) is 0 Å². The van der Waals surface area contributed by atoms with Gasteiger partial charge in [-0.3, -0.25) is 9.48 Å². The summed E-state index contributed by atoms with van der Waals surface area (Å²) in [7, 11) is 1.74. The molecule has 0 saturated heterocycles. The van der Waals surface area contributed by atoms with E-state index in [1.807, 2.05) is 0 Å². The minimum atomic E-state index is -0.191. The summed E-state index contributed by atoms with van der Waals surface area (Å²) in [4.78, 5) is 11.7. The lowest BCUT2D eigenvalue weighted by Crippen LogP contribution is -2.25. The number of hydrogen-bond acceptors (Lipinski definition) is 3. The van der Waals surface area contributed by atoms with Crippen LogP contribution in [0.25, 0.3) is 0 Å². The van der Waals surface area contributed by atoms with Gasteiger partial charge >= 0.3 is 0 Å². The Bertz CT molecular complexity index is 364. The molecular formula is C11H19BrN4O. The number of halogens is 1. The van der Waals surface area contributed by atoms with Crippen molar-refractivity contribution < 1.29 is 4.79 Å². The Kier molecular flexibility index (Phi) is 6.04. The van der Waals surface area contributed by atoms with Crippen LogP contribution in [0.3, 0.4) is 0 Å². The number of nitrogen functional groups attached to an aromatic ring is 1. The molecule has 0 saturated carbocycles. The number of alkyl halides is 1.